The van der Waals surface area contributed by atoms with Gasteiger partial charge >= 0.3 is 0 Å². The van der Waals surface area contributed by atoms with E-state index < -0.39 is 0 Å². The van der Waals surface area contributed by atoms with Crippen LogP contribution in [-0.4, -0.2) is 24.5 Å². The van der Waals surface area contributed by atoms with Crippen LogP contribution >= 0.6 is 0 Å². The second kappa shape index (κ2) is 8.85. The topological polar surface area (TPSA) is 3.24 Å². The van der Waals surface area contributed by atoms with Gasteiger partial charge in [-0.05, 0) is 60.3 Å². The number of hydrogen-bond acceptors (Lipinski definition) is 1. The van der Waals surface area contributed by atoms with Gasteiger partial charge < -0.3 is 4.90 Å². The Morgan fingerprint density at radius 1 is 1.00 bits per heavy atom. The van der Waals surface area contributed by atoms with Crippen molar-refractivity contribution >= 4 is 10.8 Å². The third kappa shape index (κ3) is 5.31. The Balaban J connectivity index is 0.000000150. The zero-order chi connectivity index (χ0) is 17.6. The monoisotopic (exact) mass is 337 g/mol. The van der Waals surface area contributed by atoms with Gasteiger partial charge in [-0.25, -0.2) is 0 Å². The molecular formula is C24H35N. The maximum atomic E-state index is 2.72. The van der Waals surface area contributed by atoms with Crippen LogP contribution in [0.5, 0.6) is 0 Å². The lowest BCUT2D eigenvalue weighted by molar-refractivity contribution is 0.306. The van der Waals surface area contributed by atoms with E-state index >= 15 is 0 Å². The molecule has 4 rings (SSSR count). The summed E-state index contributed by atoms with van der Waals surface area (Å²) in [6.45, 7) is 11.1. The van der Waals surface area contributed by atoms with Gasteiger partial charge in [0.05, 0.1) is 0 Å². The van der Waals surface area contributed by atoms with Gasteiger partial charge in [0, 0.05) is 19.6 Å². The van der Waals surface area contributed by atoms with Crippen LogP contribution in [0, 0.1) is 24.7 Å². The summed E-state index contributed by atoms with van der Waals surface area (Å²) in [6.07, 6.45) is 7.28. The minimum Gasteiger partial charge on any atom is -0.302 e. The summed E-state index contributed by atoms with van der Waals surface area (Å²) in [5.41, 5.74) is 1.35. The standard InChI is InChI=1S/C13H25N.C11H10/c1-3-4-5-13-10-14(8-11(13)2)9-12-6-7-12;1-9-5-4-7-10-6-2-3-8-11(9)10/h11-13H,3-10H2,1-2H3;2-8H,1H3. The molecule has 0 radical (unpaired) electrons. The molecule has 2 unspecified atom stereocenters. The largest absolute Gasteiger partial charge is 0.302 e. The van der Waals surface area contributed by atoms with Crippen molar-refractivity contribution in [3.05, 3.63) is 48.0 Å². The SMILES string of the molecule is CCCCC1CN(CC2CC2)CC1C.Cc1cccc2ccccc12. The van der Waals surface area contributed by atoms with Crippen molar-refractivity contribution in [3.8, 4) is 0 Å². The molecule has 25 heavy (non-hydrogen) atoms. The van der Waals surface area contributed by atoms with Crippen LogP contribution in [0.1, 0.15) is 51.5 Å². The number of benzene rings is 2. The van der Waals surface area contributed by atoms with E-state index in [2.05, 4.69) is 68.1 Å². The van der Waals surface area contributed by atoms with E-state index in [1.54, 1.807) is 0 Å². The van der Waals surface area contributed by atoms with Gasteiger partial charge in [0.25, 0.3) is 0 Å². The molecule has 0 aromatic heterocycles. The summed E-state index contributed by atoms with van der Waals surface area (Å²) < 4.78 is 0. The lowest BCUT2D eigenvalue weighted by Crippen LogP contribution is -2.23. The third-order valence-electron chi connectivity index (χ3n) is 5.99. The minimum atomic E-state index is 0.959. The van der Waals surface area contributed by atoms with Crippen molar-refractivity contribution in [1.82, 2.24) is 4.90 Å². The van der Waals surface area contributed by atoms with E-state index in [9.17, 15) is 0 Å². The minimum absolute atomic E-state index is 0.959. The predicted molar refractivity (Wildman–Crippen MR) is 110 cm³/mol. The van der Waals surface area contributed by atoms with Gasteiger partial charge in [-0.15, -0.1) is 0 Å². The molecule has 1 saturated carbocycles. The Morgan fingerprint density at radius 2 is 1.76 bits per heavy atom. The second-order valence-electron chi connectivity index (χ2n) is 8.34. The maximum absolute atomic E-state index is 2.72. The molecule has 2 aromatic carbocycles. The Morgan fingerprint density at radius 3 is 2.48 bits per heavy atom. The molecule has 1 aliphatic carbocycles. The van der Waals surface area contributed by atoms with Gasteiger partial charge in [-0.3, -0.25) is 0 Å². The molecule has 2 aliphatic rings. The first-order valence-corrected chi connectivity index (χ1v) is 10.3. The zero-order valence-electron chi connectivity index (χ0n) is 16.4. The van der Waals surface area contributed by atoms with Gasteiger partial charge in [0.1, 0.15) is 0 Å². The average molecular weight is 338 g/mol. The Labute approximate surface area is 154 Å². The summed E-state index contributed by atoms with van der Waals surface area (Å²) in [6, 6.07) is 14.8. The fraction of sp³-hybridized carbons (Fsp3) is 0.583. The average Bonchev–Trinajstić information content (AvgIpc) is 3.36. The number of aryl methyl sites for hydroxylation is 1. The summed E-state index contributed by atoms with van der Waals surface area (Å²) in [5, 5.41) is 2.68. The molecule has 2 atom stereocenters. The molecule has 1 aliphatic heterocycles. The predicted octanol–water partition coefficient (Wildman–Crippen LogP) is 6.30. The zero-order valence-corrected chi connectivity index (χ0v) is 16.4. The van der Waals surface area contributed by atoms with Gasteiger partial charge in [-0.1, -0.05) is 69.2 Å². The van der Waals surface area contributed by atoms with Crippen molar-refractivity contribution in [3.63, 3.8) is 0 Å². The highest BCUT2D eigenvalue weighted by Gasteiger charge is 2.32. The lowest BCUT2D eigenvalue weighted by atomic mass is 9.93. The second-order valence-corrected chi connectivity index (χ2v) is 8.34. The number of likely N-dealkylation sites (tertiary alicyclic amines) is 1. The summed E-state index contributed by atoms with van der Waals surface area (Å²) in [7, 11) is 0. The normalized spacial score (nSPS) is 23.5. The molecule has 136 valence electrons. The number of nitrogens with zero attached hydrogens (tertiary/aromatic N) is 1. The maximum Gasteiger partial charge on any atom is 0.00129 e. The number of rotatable bonds is 5. The molecule has 0 spiro atoms. The lowest BCUT2D eigenvalue weighted by Gasteiger charge is -2.15. The van der Waals surface area contributed by atoms with Gasteiger partial charge in [-0.2, -0.15) is 0 Å². The van der Waals surface area contributed by atoms with Crippen molar-refractivity contribution in [1.29, 1.82) is 0 Å². The highest BCUT2D eigenvalue weighted by Crippen LogP contribution is 2.34. The molecule has 2 aromatic rings. The molecule has 2 fully saturated rings. The van der Waals surface area contributed by atoms with Crippen LogP contribution in [0.3, 0.4) is 0 Å². The molecule has 1 heteroatoms. The molecule has 0 bridgehead atoms. The quantitative estimate of drug-likeness (QED) is 0.618. The smallest absolute Gasteiger partial charge is 0.00129 e. The Kier molecular flexibility index (Phi) is 6.53. The highest BCUT2D eigenvalue weighted by molar-refractivity contribution is 5.85. The van der Waals surface area contributed by atoms with E-state index in [0.29, 0.717) is 0 Å². The molecule has 1 nitrogen and oxygen atoms in total. The molecule has 1 heterocycles. The number of unbranched alkanes of at least 4 members (excludes halogenated alkanes) is 1. The van der Waals surface area contributed by atoms with Crippen LogP contribution in [0.2, 0.25) is 0 Å². The third-order valence-corrected chi connectivity index (χ3v) is 5.99. The van der Waals surface area contributed by atoms with E-state index in [4.69, 9.17) is 0 Å². The van der Waals surface area contributed by atoms with E-state index in [1.807, 2.05) is 0 Å². The first-order valence-electron chi connectivity index (χ1n) is 10.3. The van der Waals surface area contributed by atoms with Crippen LogP contribution in [0.4, 0.5) is 0 Å². The van der Waals surface area contributed by atoms with Crippen molar-refractivity contribution in [2.75, 3.05) is 19.6 Å². The van der Waals surface area contributed by atoms with Gasteiger partial charge in [0.15, 0.2) is 0 Å². The molecule has 1 saturated heterocycles. The van der Waals surface area contributed by atoms with Crippen molar-refractivity contribution in [2.24, 2.45) is 17.8 Å². The van der Waals surface area contributed by atoms with Crippen LogP contribution in [0.25, 0.3) is 10.8 Å². The summed E-state index contributed by atoms with van der Waals surface area (Å²) >= 11 is 0. The highest BCUT2D eigenvalue weighted by atomic mass is 15.2. The molecular weight excluding hydrogens is 302 g/mol. The molecule has 0 amide bonds. The van der Waals surface area contributed by atoms with E-state index in [1.165, 1.54) is 68.1 Å². The van der Waals surface area contributed by atoms with E-state index in [-0.39, 0.29) is 0 Å². The first-order chi connectivity index (χ1) is 12.2. The van der Waals surface area contributed by atoms with Crippen LogP contribution < -0.4 is 0 Å². The fourth-order valence-corrected chi connectivity index (χ4v) is 4.19. The Bertz CT molecular complexity index is 653. The van der Waals surface area contributed by atoms with Gasteiger partial charge in [0.2, 0.25) is 0 Å². The van der Waals surface area contributed by atoms with Crippen molar-refractivity contribution < 1.29 is 0 Å². The van der Waals surface area contributed by atoms with E-state index in [0.717, 1.165) is 17.8 Å². The van der Waals surface area contributed by atoms with Crippen LogP contribution in [0.15, 0.2) is 42.5 Å². The number of hydrogen-bond donors (Lipinski definition) is 0. The molecule has 0 N–H and O–H groups in total. The van der Waals surface area contributed by atoms with Crippen LogP contribution in [-0.2, 0) is 0 Å². The summed E-state index contributed by atoms with van der Waals surface area (Å²) in [5.74, 6) is 3.04. The van der Waals surface area contributed by atoms with Crippen molar-refractivity contribution in [2.45, 2.75) is 52.9 Å². The summed E-state index contributed by atoms with van der Waals surface area (Å²) in [4.78, 5) is 2.72. The Hall–Kier alpha value is -1.34. The first kappa shape index (κ1) is 18.5. The number of fused-ring (bicyclic) bond motifs is 1. The fourth-order valence-electron chi connectivity index (χ4n) is 4.19.